The number of aromatic amines is 1. The van der Waals surface area contributed by atoms with Crippen molar-refractivity contribution in [3.05, 3.63) is 112 Å². The van der Waals surface area contributed by atoms with Crippen LogP contribution in [0.1, 0.15) is 21.6 Å². The molecule has 0 saturated heterocycles. The maximum atomic E-state index is 13.2. The van der Waals surface area contributed by atoms with Crippen molar-refractivity contribution in [2.24, 2.45) is 0 Å². The Labute approximate surface area is 180 Å². The lowest BCUT2D eigenvalue weighted by Crippen LogP contribution is -2.36. The molecule has 0 bridgehead atoms. The zero-order chi connectivity index (χ0) is 21.2. The van der Waals surface area contributed by atoms with Crippen LogP contribution in [0, 0.1) is 0 Å². The number of benzene rings is 2. The third-order valence-electron chi connectivity index (χ3n) is 5.69. The number of carbonyl (C=O) groups is 1. The SMILES string of the molecule is O=C(c1cccc(-c2ccccc2)n1)N1CCc2c(cccc2-c2ccc(=O)[nH]c2)C1. The van der Waals surface area contributed by atoms with Crippen LogP contribution in [0.25, 0.3) is 22.4 Å². The van der Waals surface area contributed by atoms with Gasteiger partial charge in [0.1, 0.15) is 5.69 Å². The highest BCUT2D eigenvalue weighted by Gasteiger charge is 2.24. The number of carbonyl (C=O) groups excluding carboxylic acids is 1. The molecule has 5 nitrogen and oxygen atoms in total. The van der Waals surface area contributed by atoms with Crippen molar-refractivity contribution in [3.8, 4) is 22.4 Å². The van der Waals surface area contributed by atoms with Crippen molar-refractivity contribution in [2.75, 3.05) is 6.54 Å². The van der Waals surface area contributed by atoms with Crippen molar-refractivity contribution < 1.29 is 4.79 Å². The fraction of sp³-hybridized carbons (Fsp3) is 0.115. The van der Waals surface area contributed by atoms with Gasteiger partial charge in [-0.15, -0.1) is 0 Å². The van der Waals surface area contributed by atoms with E-state index in [0.717, 1.165) is 34.4 Å². The summed E-state index contributed by atoms with van der Waals surface area (Å²) in [4.78, 5) is 33.8. The second-order valence-electron chi connectivity index (χ2n) is 7.64. The van der Waals surface area contributed by atoms with E-state index in [9.17, 15) is 9.59 Å². The number of nitrogens with one attached hydrogen (secondary N) is 1. The molecule has 5 rings (SSSR count). The number of rotatable bonds is 3. The second-order valence-corrected chi connectivity index (χ2v) is 7.64. The molecule has 31 heavy (non-hydrogen) atoms. The van der Waals surface area contributed by atoms with Gasteiger partial charge in [0.15, 0.2) is 0 Å². The summed E-state index contributed by atoms with van der Waals surface area (Å²) in [5.41, 5.74) is 6.57. The molecule has 152 valence electrons. The van der Waals surface area contributed by atoms with E-state index in [1.54, 1.807) is 18.3 Å². The summed E-state index contributed by atoms with van der Waals surface area (Å²) < 4.78 is 0. The molecule has 3 heterocycles. The standard InChI is InChI=1S/C26H21N3O2/c30-25-13-12-19(16-27-25)21-9-4-8-20-17-29(15-14-22(20)21)26(31)24-11-5-10-23(28-24)18-6-2-1-3-7-18/h1-13,16H,14-15,17H2,(H,27,30). The first-order valence-corrected chi connectivity index (χ1v) is 10.3. The molecule has 0 radical (unpaired) electrons. The van der Waals surface area contributed by atoms with Crippen LogP contribution in [0.2, 0.25) is 0 Å². The van der Waals surface area contributed by atoms with Crippen molar-refractivity contribution in [1.82, 2.24) is 14.9 Å². The number of fused-ring (bicyclic) bond motifs is 1. The quantitative estimate of drug-likeness (QED) is 0.551. The Morgan fingerprint density at radius 1 is 0.871 bits per heavy atom. The molecule has 0 saturated carbocycles. The van der Waals surface area contributed by atoms with Crippen LogP contribution in [0.15, 0.2) is 89.9 Å². The average Bonchev–Trinajstić information content (AvgIpc) is 2.84. The Balaban J connectivity index is 1.41. The van der Waals surface area contributed by atoms with E-state index in [1.165, 1.54) is 5.56 Å². The highest BCUT2D eigenvalue weighted by molar-refractivity contribution is 5.93. The van der Waals surface area contributed by atoms with Gasteiger partial charge in [-0.25, -0.2) is 4.98 Å². The van der Waals surface area contributed by atoms with Crippen LogP contribution in [0.4, 0.5) is 0 Å². The molecule has 0 unspecified atom stereocenters. The minimum Gasteiger partial charge on any atom is -0.333 e. The second kappa shape index (κ2) is 8.03. The maximum absolute atomic E-state index is 13.2. The van der Waals surface area contributed by atoms with Crippen molar-refractivity contribution in [1.29, 1.82) is 0 Å². The fourth-order valence-electron chi connectivity index (χ4n) is 4.12. The number of hydrogen-bond acceptors (Lipinski definition) is 3. The van der Waals surface area contributed by atoms with Crippen molar-refractivity contribution in [2.45, 2.75) is 13.0 Å². The lowest BCUT2D eigenvalue weighted by Gasteiger charge is -2.30. The van der Waals surface area contributed by atoms with Gasteiger partial charge in [-0.05, 0) is 46.9 Å². The van der Waals surface area contributed by atoms with Crippen LogP contribution >= 0.6 is 0 Å². The Morgan fingerprint density at radius 2 is 1.71 bits per heavy atom. The van der Waals surface area contributed by atoms with Crippen LogP contribution < -0.4 is 5.56 Å². The van der Waals surface area contributed by atoms with E-state index in [-0.39, 0.29) is 11.5 Å². The zero-order valence-corrected chi connectivity index (χ0v) is 16.9. The summed E-state index contributed by atoms with van der Waals surface area (Å²) in [6, 6.07) is 25.0. The summed E-state index contributed by atoms with van der Waals surface area (Å²) >= 11 is 0. The number of aromatic nitrogens is 2. The van der Waals surface area contributed by atoms with E-state index in [1.807, 2.05) is 59.5 Å². The van der Waals surface area contributed by atoms with E-state index >= 15 is 0 Å². The van der Waals surface area contributed by atoms with Gasteiger partial charge in [0.05, 0.1) is 5.69 Å². The van der Waals surface area contributed by atoms with Gasteiger partial charge in [-0.2, -0.15) is 0 Å². The molecule has 0 atom stereocenters. The Morgan fingerprint density at radius 3 is 2.52 bits per heavy atom. The zero-order valence-electron chi connectivity index (χ0n) is 16.9. The van der Waals surface area contributed by atoms with Crippen LogP contribution in [0.5, 0.6) is 0 Å². The molecule has 1 N–H and O–H groups in total. The predicted molar refractivity (Wildman–Crippen MR) is 121 cm³/mol. The monoisotopic (exact) mass is 407 g/mol. The molecule has 2 aromatic carbocycles. The van der Waals surface area contributed by atoms with Gasteiger partial charge in [0.25, 0.3) is 5.91 Å². The smallest absolute Gasteiger partial charge is 0.272 e. The van der Waals surface area contributed by atoms with E-state index < -0.39 is 0 Å². The Kier molecular flexibility index (Phi) is 4.92. The normalized spacial score (nSPS) is 13.0. The number of nitrogens with zero attached hydrogens (tertiary/aromatic N) is 2. The first-order valence-electron chi connectivity index (χ1n) is 10.3. The van der Waals surface area contributed by atoms with Crippen molar-refractivity contribution >= 4 is 5.91 Å². The summed E-state index contributed by atoms with van der Waals surface area (Å²) in [7, 11) is 0. The van der Waals surface area contributed by atoms with Crippen LogP contribution in [0.3, 0.4) is 0 Å². The highest BCUT2D eigenvalue weighted by Crippen LogP contribution is 2.30. The first kappa shape index (κ1) is 19.0. The van der Waals surface area contributed by atoms with Crippen LogP contribution in [-0.4, -0.2) is 27.3 Å². The minimum atomic E-state index is -0.115. The van der Waals surface area contributed by atoms with E-state index in [0.29, 0.717) is 18.8 Å². The maximum Gasteiger partial charge on any atom is 0.272 e. The van der Waals surface area contributed by atoms with Gasteiger partial charge in [0.2, 0.25) is 5.56 Å². The van der Waals surface area contributed by atoms with Crippen LogP contribution in [-0.2, 0) is 13.0 Å². The molecule has 0 spiro atoms. The van der Waals surface area contributed by atoms with Gasteiger partial charge in [-0.3, -0.25) is 9.59 Å². The number of amides is 1. The summed E-state index contributed by atoms with van der Waals surface area (Å²) in [5.74, 6) is -0.0575. The molecule has 0 aliphatic carbocycles. The average molecular weight is 407 g/mol. The molecule has 4 aromatic rings. The highest BCUT2D eigenvalue weighted by atomic mass is 16.2. The lowest BCUT2D eigenvalue weighted by atomic mass is 9.91. The van der Waals surface area contributed by atoms with Crippen molar-refractivity contribution in [3.63, 3.8) is 0 Å². The number of pyridine rings is 2. The van der Waals surface area contributed by atoms with Gasteiger partial charge < -0.3 is 9.88 Å². The molecular formula is C26H21N3O2. The first-order chi connectivity index (χ1) is 15.2. The molecule has 5 heteroatoms. The largest absolute Gasteiger partial charge is 0.333 e. The topological polar surface area (TPSA) is 66.1 Å². The third kappa shape index (κ3) is 3.78. The van der Waals surface area contributed by atoms with Gasteiger partial charge in [-0.1, -0.05) is 54.6 Å². The minimum absolute atomic E-state index is 0.0575. The number of hydrogen-bond donors (Lipinski definition) is 1. The van der Waals surface area contributed by atoms with Gasteiger partial charge >= 0.3 is 0 Å². The Bertz CT molecular complexity index is 1290. The van der Waals surface area contributed by atoms with E-state index in [2.05, 4.69) is 22.1 Å². The summed E-state index contributed by atoms with van der Waals surface area (Å²) in [6.07, 6.45) is 2.50. The lowest BCUT2D eigenvalue weighted by molar-refractivity contribution is 0.0729. The molecule has 1 aliphatic rings. The number of H-pyrrole nitrogens is 1. The third-order valence-corrected chi connectivity index (χ3v) is 5.69. The summed E-state index contributed by atoms with van der Waals surface area (Å²) in [5, 5.41) is 0. The molecular weight excluding hydrogens is 386 g/mol. The predicted octanol–water partition coefficient (Wildman–Crippen LogP) is 4.30. The molecule has 2 aromatic heterocycles. The van der Waals surface area contributed by atoms with E-state index in [4.69, 9.17) is 0 Å². The molecule has 0 fully saturated rings. The van der Waals surface area contributed by atoms with Gasteiger partial charge in [0, 0.05) is 30.9 Å². The fourth-order valence-corrected chi connectivity index (χ4v) is 4.12. The molecule has 1 aliphatic heterocycles. The Hall–Kier alpha value is -3.99. The summed E-state index contributed by atoms with van der Waals surface area (Å²) in [6.45, 7) is 1.17. The molecule has 1 amide bonds.